The second kappa shape index (κ2) is 4.02. The second-order valence-corrected chi connectivity index (χ2v) is 3.52. The number of nitrogens with zero attached hydrogens (tertiary/aromatic N) is 1. The quantitative estimate of drug-likeness (QED) is 0.355. The summed E-state index contributed by atoms with van der Waals surface area (Å²) in [6.07, 6.45) is 1.36. The lowest BCUT2D eigenvalue weighted by atomic mass is 10.2. The van der Waals surface area contributed by atoms with Gasteiger partial charge in [0.15, 0.2) is 0 Å². The molecule has 0 saturated carbocycles. The van der Waals surface area contributed by atoms with Crippen molar-refractivity contribution < 1.29 is 5.11 Å². The molecule has 0 radical (unpaired) electrons. The van der Waals surface area contributed by atoms with Gasteiger partial charge in [0.05, 0.1) is 11.3 Å². The highest BCUT2D eigenvalue weighted by Crippen LogP contribution is 2.29. The third kappa shape index (κ3) is 1.84. The molecule has 2 aromatic rings. The molecule has 0 aliphatic rings. The van der Waals surface area contributed by atoms with Crippen LogP contribution in [-0.2, 0) is 0 Å². The molecule has 0 aliphatic heterocycles. The van der Waals surface area contributed by atoms with Crippen molar-refractivity contribution in [3.05, 3.63) is 35.5 Å². The lowest BCUT2D eigenvalue weighted by Crippen LogP contribution is -2.11. The summed E-state index contributed by atoms with van der Waals surface area (Å²) in [5.41, 5.74) is 6.38. The Morgan fingerprint density at radius 2 is 2.18 bits per heavy atom. The average Bonchev–Trinajstić information content (AvgIpc) is 2.63. The molecule has 1 aromatic carbocycles. The molecule has 0 unspecified atom stereocenters. The molecule has 17 heavy (non-hydrogen) atoms. The van der Waals surface area contributed by atoms with Crippen LogP contribution in [0.2, 0.25) is 0 Å². The van der Waals surface area contributed by atoms with E-state index in [0.29, 0.717) is 11.1 Å². The minimum Gasteiger partial charge on any atom is -0.505 e. The van der Waals surface area contributed by atoms with Crippen molar-refractivity contribution >= 4 is 22.8 Å². The highest BCUT2D eigenvalue weighted by Gasteiger charge is 2.09. The first kappa shape index (κ1) is 10.8. The first-order chi connectivity index (χ1) is 8.13. The van der Waals surface area contributed by atoms with Crippen LogP contribution in [-0.4, -0.2) is 15.9 Å². The van der Waals surface area contributed by atoms with Gasteiger partial charge in [0.25, 0.3) is 0 Å². The predicted molar refractivity (Wildman–Crippen MR) is 65.5 cm³/mol. The topological polar surface area (TPSA) is 110 Å². The Labute approximate surface area is 97.3 Å². The maximum Gasteiger partial charge on any atom is 0.148 e. The molecule has 0 fully saturated rings. The van der Waals surface area contributed by atoms with Crippen molar-refractivity contribution in [2.75, 3.05) is 0 Å². The third-order valence-corrected chi connectivity index (χ3v) is 2.41. The molecule has 5 nitrogen and oxygen atoms in total. The lowest BCUT2D eigenvalue weighted by Gasteiger charge is -1.94. The van der Waals surface area contributed by atoms with Crippen molar-refractivity contribution in [2.45, 2.75) is 0 Å². The molecule has 1 heterocycles. The maximum absolute atomic E-state index is 9.92. The molecule has 84 valence electrons. The van der Waals surface area contributed by atoms with Crippen LogP contribution in [0, 0.1) is 16.7 Å². The number of nitrogens with two attached hydrogens (primary N) is 1. The summed E-state index contributed by atoms with van der Waals surface area (Å²) in [5.74, 6) is -0.278. The van der Waals surface area contributed by atoms with E-state index in [1.54, 1.807) is 18.2 Å². The van der Waals surface area contributed by atoms with Crippen LogP contribution in [0.5, 0.6) is 5.75 Å². The van der Waals surface area contributed by atoms with Gasteiger partial charge in [-0.3, -0.25) is 5.41 Å². The highest BCUT2D eigenvalue weighted by atomic mass is 16.3. The van der Waals surface area contributed by atoms with Crippen LogP contribution in [0.1, 0.15) is 5.69 Å². The van der Waals surface area contributed by atoms with E-state index in [4.69, 9.17) is 16.4 Å². The van der Waals surface area contributed by atoms with Crippen LogP contribution in [0.3, 0.4) is 0 Å². The van der Waals surface area contributed by atoms with Crippen molar-refractivity contribution in [3.8, 4) is 11.8 Å². The molecular weight excluding hydrogens is 216 g/mol. The number of aromatic hydroxyl groups is 1. The molecule has 5 N–H and O–H groups in total. The number of H-pyrrole nitrogens is 1. The van der Waals surface area contributed by atoms with Crippen molar-refractivity contribution in [1.29, 1.82) is 10.7 Å². The van der Waals surface area contributed by atoms with Crippen LogP contribution in [0.25, 0.3) is 17.0 Å². The van der Waals surface area contributed by atoms with Crippen molar-refractivity contribution in [1.82, 2.24) is 4.98 Å². The number of nitriles is 1. The van der Waals surface area contributed by atoms with Gasteiger partial charge in [-0.15, -0.1) is 0 Å². The molecule has 0 atom stereocenters. The smallest absolute Gasteiger partial charge is 0.148 e. The summed E-state index contributed by atoms with van der Waals surface area (Å²) in [6.45, 7) is 0. The fourth-order valence-electron chi connectivity index (χ4n) is 1.57. The highest BCUT2D eigenvalue weighted by molar-refractivity contribution is 6.03. The van der Waals surface area contributed by atoms with Gasteiger partial charge in [0.2, 0.25) is 0 Å². The van der Waals surface area contributed by atoms with Crippen LogP contribution in [0.4, 0.5) is 0 Å². The molecule has 5 heteroatoms. The van der Waals surface area contributed by atoms with Gasteiger partial charge < -0.3 is 15.8 Å². The summed E-state index contributed by atoms with van der Waals surface area (Å²) >= 11 is 0. The summed E-state index contributed by atoms with van der Waals surface area (Å²) in [4.78, 5) is 2.95. The third-order valence-electron chi connectivity index (χ3n) is 2.41. The standard InChI is InChI=1S/C12H10N4O/c13-6-7(12(14)15)5-10-11(17)8-3-1-2-4-9(8)16-10/h1-5,16-17H,(H3,14,15). The molecule has 0 bridgehead atoms. The molecular formula is C12H10N4O. The Hall–Kier alpha value is -2.74. The first-order valence-corrected chi connectivity index (χ1v) is 4.89. The number of hydrogen-bond donors (Lipinski definition) is 4. The number of amidine groups is 1. The van der Waals surface area contributed by atoms with Crippen LogP contribution < -0.4 is 5.73 Å². The first-order valence-electron chi connectivity index (χ1n) is 4.89. The average molecular weight is 226 g/mol. The normalized spacial score (nSPS) is 11.4. The van der Waals surface area contributed by atoms with Gasteiger partial charge in [-0.25, -0.2) is 0 Å². The molecule has 0 aliphatic carbocycles. The Kier molecular flexibility index (Phi) is 2.55. The second-order valence-electron chi connectivity index (χ2n) is 3.52. The van der Waals surface area contributed by atoms with E-state index in [1.807, 2.05) is 12.1 Å². The zero-order valence-electron chi connectivity index (χ0n) is 8.86. The number of aromatic amines is 1. The Morgan fingerprint density at radius 1 is 1.47 bits per heavy atom. The number of aromatic nitrogens is 1. The molecule has 0 spiro atoms. The van der Waals surface area contributed by atoms with E-state index < -0.39 is 0 Å². The van der Waals surface area contributed by atoms with Gasteiger partial charge in [-0.1, -0.05) is 12.1 Å². The lowest BCUT2D eigenvalue weighted by molar-refractivity contribution is 0.480. The summed E-state index contributed by atoms with van der Waals surface area (Å²) in [7, 11) is 0. The Bertz CT molecular complexity index is 661. The van der Waals surface area contributed by atoms with E-state index in [0.717, 1.165) is 5.52 Å². The zero-order valence-corrected chi connectivity index (χ0v) is 8.86. The van der Waals surface area contributed by atoms with Gasteiger partial charge in [-0.2, -0.15) is 5.26 Å². The fraction of sp³-hybridized carbons (Fsp3) is 0. The largest absolute Gasteiger partial charge is 0.505 e. The SMILES string of the molecule is N#CC(=Cc1[nH]c2ccccc2c1O)C(=N)N. The van der Waals surface area contributed by atoms with Gasteiger partial charge in [-0.05, 0) is 18.2 Å². The number of benzene rings is 1. The van der Waals surface area contributed by atoms with E-state index in [-0.39, 0.29) is 17.2 Å². The van der Waals surface area contributed by atoms with Gasteiger partial charge in [0.1, 0.15) is 17.7 Å². The molecule has 1 aromatic heterocycles. The van der Waals surface area contributed by atoms with Gasteiger partial charge in [0, 0.05) is 10.9 Å². The summed E-state index contributed by atoms with van der Waals surface area (Å²) < 4.78 is 0. The number of nitrogens with one attached hydrogen (secondary N) is 2. The van der Waals surface area contributed by atoms with E-state index in [2.05, 4.69) is 4.98 Å². The number of para-hydroxylation sites is 1. The van der Waals surface area contributed by atoms with Crippen LogP contribution in [0.15, 0.2) is 29.8 Å². The van der Waals surface area contributed by atoms with Crippen molar-refractivity contribution in [3.63, 3.8) is 0 Å². The van der Waals surface area contributed by atoms with E-state index in [1.165, 1.54) is 6.08 Å². The molecule has 0 amide bonds. The van der Waals surface area contributed by atoms with E-state index >= 15 is 0 Å². The number of rotatable bonds is 2. The predicted octanol–water partition coefficient (Wildman–Crippen LogP) is 1.72. The minimum absolute atomic E-state index is 0.00635. The zero-order chi connectivity index (χ0) is 12.4. The molecule has 0 saturated heterocycles. The number of fused-ring (bicyclic) bond motifs is 1. The summed E-state index contributed by atoms with van der Waals surface area (Å²) in [6, 6.07) is 9.02. The number of hydrogen-bond acceptors (Lipinski definition) is 3. The minimum atomic E-state index is -0.328. The monoisotopic (exact) mass is 226 g/mol. The maximum atomic E-state index is 9.92. The fourth-order valence-corrected chi connectivity index (χ4v) is 1.57. The van der Waals surface area contributed by atoms with Gasteiger partial charge >= 0.3 is 0 Å². The van der Waals surface area contributed by atoms with E-state index in [9.17, 15) is 5.11 Å². The molecule has 2 rings (SSSR count). The van der Waals surface area contributed by atoms with Crippen molar-refractivity contribution in [2.24, 2.45) is 5.73 Å². The Morgan fingerprint density at radius 3 is 2.76 bits per heavy atom. The Balaban J connectivity index is 2.61. The summed E-state index contributed by atoms with van der Waals surface area (Å²) in [5, 5.41) is 26.6. The van der Waals surface area contributed by atoms with Crippen LogP contribution >= 0.6 is 0 Å².